The third-order valence-corrected chi connectivity index (χ3v) is 1.76. The minimum Gasteiger partial charge on any atom is -0.396 e. The van der Waals surface area contributed by atoms with Gasteiger partial charge in [-0.05, 0) is 4.92 Å². The summed E-state index contributed by atoms with van der Waals surface area (Å²) in [6, 6.07) is 0. The van der Waals surface area contributed by atoms with Crippen LogP contribution in [0, 0.1) is 17.0 Å². The number of nitro groups is 1. The second kappa shape index (κ2) is 5.56. The molecule has 0 bridgehead atoms. The molecule has 1 aromatic rings. The largest absolute Gasteiger partial charge is 0.396 e. The lowest BCUT2D eigenvalue weighted by Gasteiger charge is -2.00. The maximum Gasteiger partial charge on any atom is 0.342 e. The van der Waals surface area contributed by atoms with E-state index in [1.165, 1.54) is 10.8 Å². The summed E-state index contributed by atoms with van der Waals surface area (Å²) in [5.41, 5.74) is 0. The molecule has 6 nitrogen and oxygen atoms in total. The molecule has 0 aromatic carbocycles. The van der Waals surface area contributed by atoms with Crippen molar-refractivity contribution in [2.45, 2.75) is 19.9 Å². The van der Waals surface area contributed by atoms with Crippen LogP contribution in [0.3, 0.4) is 0 Å². The Bertz CT molecular complexity index is 313. The number of aryl methyl sites for hydroxylation is 1. The zero-order valence-corrected chi connectivity index (χ0v) is 8.53. The van der Waals surface area contributed by atoms with Crippen LogP contribution in [0.15, 0.2) is 6.20 Å². The lowest BCUT2D eigenvalue weighted by atomic mass is 10.4. The van der Waals surface area contributed by atoms with E-state index in [2.05, 4.69) is 4.98 Å². The number of halogens is 1. The maximum absolute atomic E-state index is 10.5. The molecule has 0 amide bonds. The summed E-state index contributed by atoms with van der Waals surface area (Å²) in [4.78, 5) is 13.8. The first kappa shape index (κ1) is 12.9. The van der Waals surface area contributed by atoms with E-state index >= 15 is 0 Å². The maximum atomic E-state index is 10.5. The number of hydrogen-bond donors (Lipinski definition) is 1. The van der Waals surface area contributed by atoms with Crippen molar-refractivity contribution >= 4 is 18.2 Å². The summed E-state index contributed by atoms with van der Waals surface area (Å²) in [5, 5.41) is 19.1. The Hall–Kier alpha value is -1.14. The quantitative estimate of drug-likeness (QED) is 0.605. The molecule has 1 aromatic heterocycles. The Labute approximate surface area is 87.1 Å². The minimum atomic E-state index is -0.475. The Balaban J connectivity index is 0.00000169. The zero-order chi connectivity index (χ0) is 9.84. The van der Waals surface area contributed by atoms with Crippen molar-refractivity contribution in [2.24, 2.45) is 0 Å². The Morgan fingerprint density at radius 1 is 1.71 bits per heavy atom. The van der Waals surface area contributed by atoms with Crippen LogP contribution in [-0.2, 0) is 6.54 Å². The molecule has 0 fully saturated rings. The number of hydrogen-bond acceptors (Lipinski definition) is 4. The molecule has 0 spiro atoms. The fourth-order valence-electron chi connectivity index (χ4n) is 1.11. The summed E-state index contributed by atoms with van der Waals surface area (Å²) in [6.07, 6.45) is 1.73. The molecule has 0 aliphatic carbocycles. The van der Waals surface area contributed by atoms with Crippen LogP contribution in [0.1, 0.15) is 12.2 Å². The predicted molar refractivity (Wildman–Crippen MR) is 52.6 cm³/mol. The normalized spacial score (nSPS) is 9.57. The van der Waals surface area contributed by atoms with Crippen LogP contribution in [-0.4, -0.2) is 26.2 Å². The van der Waals surface area contributed by atoms with Gasteiger partial charge in [0.05, 0.1) is 6.54 Å². The third kappa shape index (κ3) is 2.68. The van der Waals surface area contributed by atoms with Crippen LogP contribution >= 0.6 is 12.4 Å². The number of aliphatic hydroxyl groups excluding tert-OH is 1. The molecule has 0 radical (unpaired) electrons. The first-order valence-electron chi connectivity index (χ1n) is 3.94. The summed E-state index contributed by atoms with van der Waals surface area (Å²) in [5.74, 6) is 0.575. The Morgan fingerprint density at radius 3 is 2.86 bits per heavy atom. The van der Waals surface area contributed by atoms with Crippen molar-refractivity contribution < 1.29 is 10.0 Å². The van der Waals surface area contributed by atoms with E-state index < -0.39 is 4.92 Å². The first-order valence-corrected chi connectivity index (χ1v) is 3.94. The smallest absolute Gasteiger partial charge is 0.342 e. The van der Waals surface area contributed by atoms with E-state index in [0.29, 0.717) is 18.8 Å². The molecule has 7 heteroatoms. The third-order valence-electron chi connectivity index (χ3n) is 1.76. The molecular weight excluding hydrogens is 210 g/mol. The van der Waals surface area contributed by atoms with E-state index in [9.17, 15) is 10.1 Å². The highest BCUT2D eigenvalue weighted by atomic mass is 35.5. The molecule has 0 unspecified atom stereocenters. The number of aliphatic hydroxyl groups is 1. The Kier molecular flexibility index (Phi) is 5.11. The lowest BCUT2D eigenvalue weighted by molar-refractivity contribution is -0.392. The van der Waals surface area contributed by atoms with Gasteiger partial charge in [0.1, 0.15) is 6.20 Å². The fourth-order valence-corrected chi connectivity index (χ4v) is 1.11. The van der Waals surface area contributed by atoms with Gasteiger partial charge in [0, 0.05) is 20.0 Å². The average Bonchev–Trinajstić information content (AvgIpc) is 2.43. The molecule has 0 atom stereocenters. The van der Waals surface area contributed by atoms with Gasteiger partial charge in [0.15, 0.2) is 5.82 Å². The molecule has 1 rings (SSSR count). The highest BCUT2D eigenvalue weighted by Gasteiger charge is 2.15. The topological polar surface area (TPSA) is 81.2 Å². The molecule has 1 N–H and O–H groups in total. The monoisotopic (exact) mass is 221 g/mol. The van der Waals surface area contributed by atoms with E-state index in [-0.39, 0.29) is 24.8 Å². The average molecular weight is 222 g/mol. The van der Waals surface area contributed by atoms with E-state index in [1.807, 2.05) is 0 Å². The minimum absolute atomic E-state index is 0. The van der Waals surface area contributed by atoms with Crippen molar-refractivity contribution in [1.29, 1.82) is 0 Å². The van der Waals surface area contributed by atoms with E-state index in [1.54, 1.807) is 6.92 Å². The molecular formula is C7H12ClN3O3. The summed E-state index contributed by atoms with van der Waals surface area (Å²) >= 11 is 0. The number of nitrogens with zero attached hydrogens (tertiary/aromatic N) is 3. The van der Waals surface area contributed by atoms with E-state index in [0.717, 1.165) is 0 Å². The number of aromatic nitrogens is 2. The van der Waals surface area contributed by atoms with Crippen molar-refractivity contribution in [1.82, 2.24) is 9.55 Å². The SMILES string of the molecule is Cc1ncc([N+](=O)[O-])n1CCCO.Cl. The van der Waals surface area contributed by atoms with Gasteiger partial charge >= 0.3 is 5.82 Å². The van der Waals surface area contributed by atoms with Gasteiger partial charge in [-0.3, -0.25) is 0 Å². The molecule has 0 aliphatic heterocycles. The van der Waals surface area contributed by atoms with Crippen molar-refractivity contribution in [3.05, 3.63) is 22.1 Å². The molecule has 0 saturated carbocycles. The van der Waals surface area contributed by atoms with Gasteiger partial charge in [-0.25, -0.2) is 9.55 Å². The Morgan fingerprint density at radius 2 is 2.36 bits per heavy atom. The first-order chi connectivity index (χ1) is 6.16. The molecule has 0 saturated heterocycles. The zero-order valence-electron chi connectivity index (χ0n) is 7.71. The molecule has 80 valence electrons. The van der Waals surface area contributed by atoms with Crippen LogP contribution in [0.2, 0.25) is 0 Å². The summed E-state index contributed by atoms with van der Waals surface area (Å²) < 4.78 is 1.48. The van der Waals surface area contributed by atoms with Gasteiger partial charge in [-0.1, -0.05) is 0 Å². The number of imidazole rings is 1. The highest BCUT2D eigenvalue weighted by molar-refractivity contribution is 5.85. The molecule has 14 heavy (non-hydrogen) atoms. The molecule has 0 aliphatic rings. The standard InChI is InChI=1S/C7H11N3O3.ClH/c1-6-8-5-7(10(12)13)9(6)3-2-4-11;/h5,11H,2-4H2,1H3;1H. The van der Waals surface area contributed by atoms with Crippen LogP contribution < -0.4 is 0 Å². The number of rotatable bonds is 4. The van der Waals surface area contributed by atoms with Gasteiger partial charge in [-0.2, -0.15) is 0 Å². The van der Waals surface area contributed by atoms with Crippen molar-refractivity contribution in [2.75, 3.05) is 6.61 Å². The van der Waals surface area contributed by atoms with Gasteiger partial charge in [0.2, 0.25) is 0 Å². The van der Waals surface area contributed by atoms with Crippen LogP contribution in [0.4, 0.5) is 5.82 Å². The fraction of sp³-hybridized carbons (Fsp3) is 0.571. The van der Waals surface area contributed by atoms with Crippen molar-refractivity contribution in [3.8, 4) is 0 Å². The second-order valence-electron chi connectivity index (χ2n) is 2.65. The highest BCUT2D eigenvalue weighted by Crippen LogP contribution is 2.13. The van der Waals surface area contributed by atoms with Crippen LogP contribution in [0.5, 0.6) is 0 Å². The van der Waals surface area contributed by atoms with E-state index in [4.69, 9.17) is 5.11 Å². The van der Waals surface area contributed by atoms with Crippen molar-refractivity contribution in [3.63, 3.8) is 0 Å². The van der Waals surface area contributed by atoms with Crippen LogP contribution in [0.25, 0.3) is 0 Å². The van der Waals surface area contributed by atoms with Gasteiger partial charge < -0.3 is 15.2 Å². The van der Waals surface area contributed by atoms with Gasteiger partial charge in [0.25, 0.3) is 0 Å². The second-order valence-corrected chi connectivity index (χ2v) is 2.65. The predicted octanol–water partition coefficient (Wildman–Crippen LogP) is 0.904. The summed E-state index contributed by atoms with van der Waals surface area (Å²) in [6.45, 7) is 2.15. The van der Waals surface area contributed by atoms with Gasteiger partial charge in [-0.15, -0.1) is 12.4 Å². The lowest BCUT2D eigenvalue weighted by Crippen LogP contribution is -2.06. The summed E-state index contributed by atoms with van der Waals surface area (Å²) in [7, 11) is 0. The molecule has 1 heterocycles.